The summed E-state index contributed by atoms with van der Waals surface area (Å²) in [6, 6.07) is 12.8. The number of aromatic hydroxyl groups is 1. The molecular formula is C22H25N3OS. The minimum absolute atomic E-state index is 0.226. The zero-order valence-corrected chi connectivity index (χ0v) is 17.0. The van der Waals surface area contributed by atoms with E-state index in [1.165, 1.54) is 16.7 Å². The average Bonchev–Trinajstić information content (AvgIpc) is 2.86. The zero-order valence-electron chi connectivity index (χ0n) is 16.2. The summed E-state index contributed by atoms with van der Waals surface area (Å²) in [7, 11) is 0. The molecule has 4 rings (SSSR count). The highest BCUT2D eigenvalue weighted by molar-refractivity contribution is 8.00. The lowest BCUT2D eigenvalue weighted by atomic mass is 10.0. The first-order valence-corrected chi connectivity index (χ1v) is 10.5. The molecule has 0 bridgehead atoms. The van der Waals surface area contributed by atoms with Crippen LogP contribution in [0.4, 0.5) is 11.4 Å². The van der Waals surface area contributed by atoms with E-state index in [1.54, 1.807) is 0 Å². The fourth-order valence-electron chi connectivity index (χ4n) is 3.40. The van der Waals surface area contributed by atoms with Crippen molar-refractivity contribution in [1.82, 2.24) is 4.57 Å². The predicted molar refractivity (Wildman–Crippen MR) is 114 cm³/mol. The van der Waals surface area contributed by atoms with E-state index in [4.69, 9.17) is 0 Å². The van der Waals surface area contributed by atoms with E-state index in [1.807, 2.05) is 28.5 Å². The van der Waals surface area contributed by atoms with Crippen molar-refractivity contribution in [2.24, 2.45) is 10.2 Å². The van der Waals surface area contributed by atoms with Crippen LogP contribution in [-0.2, 0) is 0 Å². The minimum atomic E-state index is 0.226. The topological polar surface area (TPSA) is 49.9 Å². The highest BCUT2D eigenvalue weighted by atomic mass is 32.2. The molecular weight excluding hydrogens is 354 g/mol. The normalized spacial score (nSPS) is 15.1. The molecule has 140 valence electrons. The Morgan fingerprint density at radius 1 is 1.04 bits per heavy atom. The molecule has 0 spiro atoms. The smallest absolute Gasteiger partial charge is 0.221 e. The number of benzene rings is 2. The van der Waals surface area contributed by atoms with Gasteiger partial charge in [0.25, 0.3) is 0 Å². The number of hydrogen-bond donors (Lipinski definition) is 1. The number of aromatic nitrogens is 1. The van der Waals surface area contributed by atoms with Crippen LogP contribution in [-0.4, -0.2) is 21.2 Å². The molecule has 1 fully saturated rings. The zero-order chi connectivity index (χ0) is 19.1. The van der Waals surface area contributed by atoms with Gasteiger partial charge in [-0.1, -0.05) is 26.0 Å². The molecule has 1 aliphatic heterocycles. The Balaban J connectivity index is 1.84. The Labute approximate surface area is 164 Å². The van der Waals surface area contributed by atoms with E-state index in [-0.39, 0.29) is 5.88 Å². The maximum Gasteiger partial charge on any atom is 0.221 e. The van der Waals surface area contributed by atoms with Gasteiger partial charge in [-0.2, -0.15) is 16.9 Å². The third-order valence-corrected chi connectivity index (χ3v) is 6.62. The summed E-state index contributed by atoms with van der Waals surface area (Å²) in [4.78, 5) is 0. The molecule has 5 heteroatoms. The Morgan fingerprint density at radius 3 is 2.44 bits per heavy atom. The highest BCUT2D eigenvalue weighted by Crippen LogP contribution is 2.45. The summed E-state index contributed by atoms with van der Waals surface area (Å²) in [5.41, 5.74) is 6.07. The van der Waals surface area contributed by atoms with E-state index < -0.39 is 0 Å². The second-order valence-corrected chi connectivity index (χ2v) is 8.71. The lowest BCUT2D eigenvalue weighted by molar-refractivity contribution is 0.406. The molecule has 0 atom stereocenters. The lowest BCUT2D eigenvalue weighted by Crippen LogP contribution is -2.22. The first-order chi connectivity index (χ1) is 13.0. The van der Waals surface area contributed by atoms with Crippen molar-refractivity contribution in [3.63, 3.8) is 0 Å². The molecule has 0 saturated carbocycles. The van der Waals surface area contributed by atoms with E-state index in [0.29, 0.717) is 17.6 Å². The maximum absolute atomic E-state index is 11.0. The summed E-state index contributed by atoms with van der Waals surface area (Å²) in [5.74, 6) is 2.70. The number of aryl methyl sites for hydroxylation is 2. The quantitative estimate of drug-likeness (QED) is 0.507. The lowest BCUT2D eigenvalue weighted by Gasteiger charge is -2.27. The van der Waals surface area contributed by atoms with Gasteiger partial charge in [0.15, 0.2) is 5.69 Å². The number of hydrogen-bond acceptors (Lipinski definition) is 4. The third-order valence-electron chi connectivity index (χ3n) is 5.38. The molecule has 0 radical (unpaired) electrons. The predicted octanol–water partition coefficient (Wildman–Crippen LogP) is 6.79. The standard InChI is InChI=1S/C22H25N3OS/c1-13(2)16-6-8-20-19(10-16)21(22(26)25(20)18-11-27-12-18)24-23-17-7-5-14(3)15(4)9-17/h5-10,13,18,26H,11-12H2,1-4H3. The summed E-state index contributed by atoms with van der Waals surface area (Å²) in [6.45, 7) is 8.51. The molecule has 27 heavy (non-hydrogen) atoms. The van der Waals surface area contributed by atoms with Gasteiger partial charge in [-0.25, -0.2) is 0 Å². The van der Waals surface area contributed by atoms with E-state index >= 15 is 0 Å². The molecule has 2 heterocycles. The molecule has 1 aromatic heterocycles. The first-order valence-electron chi connectivity index (χ1n) is 9.39. The van der Waals surface area contributed by atoms with Crippen LogP contribution in [0, 0.1) is 13.8 Å². The molecule has 0 aliphatic carbocycles. The van der Waals surface area contributed by atoms with Crippen LogP contribution in [0.3, 0.4) is 0 Å². The number of azo groups is 1. The Bertz CT molecular complexity index is 1030. The van der Waals surface area contributed by atoms with Crippen molar-refractivity contribution in [3.05, 3.63) is 53.1 Å². The fourth-order valence-corrected chi connectivity index (χ4v) is 4.14. The largest absolute Gasteiger partial charge is 0.493 e. The Morgan fingerprint density at radius 2 is 1.81 bits per heavy atom. The highest BCUT2D eigenvalue weighted by Gasteiger charge is 2.27. The van der Waals surface area contributed by atoms with Crippen LogP contribution in [0.5, 0.6) is 5.88 Å². The van der Waals surface area contributed by atoms with Crippen LogP contribution in [0.25, 0.3) is 10.9 Å². The summed E-state index contributed by atoms with van der Waals surface area (Å²) >= 11 is 1.90. The monoisotopic (exact) mass is 379 g/mol. The van der Waals surface area contributed by atoms with Gasteiger partial charge in [-0.3, -0.25) is 0 Å². The number of rotatable bonds is 4. The second-order valence-electron chi connectivity index (χ2n) is 7.63. The van der Waals surface area contributed by atoms with Crippen LogP contribution in [0.2, 0.25) is 0 Å². The second kappa shape index (κ2) is 7.04. The fraction of sp³-hybridized carbons (Fsp3) is 0.364. The van der Waals surface area contributed by atoms with Crippen molar-refractivity contribution >= 4 is 34.0 Å². The molecule has 1 aliphatic rings. The van der Waals surface area contributed by atoms with Gasteiger partial charge < -0.3 is 9.67 Å². The van der Waals surface area contributed by atoms with Gasteiger partial charge >= 0.3 is 0 Å². The molecule has 4 nitrogen and oxygen atoms in total. The van der Waals surface area contributed by atoms with Crippen LogP contribution < -0.4 is 0 Å². The molecule has 2 aromatic carbocycles. The summed E-state index contributed by atoms with van der Waals surface area (Å²) in [5, 5.41) is 20.8. The van der Waals surface area contributed by atoms with Gasteiger partial charge in [0, 0.05) is 16.9 Å². The van der Waals surface area contributed by atoms with Crippen LogP contribution >= 0.6 is 11.8 Å². The van der Waals surface area contributed by atoms with Crippen molar-refractivity contribution in [2.75, 3.05) is 11.5 Å². The van der Waals surface area contributed by atoms with Crippen molar-refractivity contribution in [2.45, 2.75) is 39.7 Å². The third kappa shape index (κ3) is 3.25. The Hall–Kier alpha value is -2.27. The van der Waals surface area contributed by atoms with Gasteiger partial charge in [0.05, 0.1) is 17.2 Å². The summed E-state index contributed by atoms with van der Waals surface area (Å²) < 4.78 is 2.03. The Kier molecular flexibility index (Phi) is 4.72. The minimum Gasteiger partial charge on any atom is -0.493 e. The van der Waals surface area contributed by atoms with Crippen LogP contribution in [0.15, 0.2) is 46.6 Å². The SMILES string of the molecule is Cc1ccc(N=Nc2c(O)n(C3CSC3)c3ccc(C(C)C)cc23)cc1C. The average molecular weight is 380 g/mol. The van der Waals surface area contributed by atoms with Gasteiger partial charge in [-0.15, -0.1) is 5.11 Å². The molecule has 0 unspecified atom stereocenters. The molecule has 3 aromatic rings. The first kappa shape index (κ1) is 18.1. The van der Waals surface area contributed by atoms with Gasteiger partial charge in [0.1, 0.15) is 0 Å². The van der Waals surface area contributed by atoms with Crippen molar-refractivity contribution in [3.8, 4) is 5.88 Å². The van der Waals surface area contributed by atoms with Crippen molar-refractivity contribution in [1.29, 1.82) is 0 Å². The number of fused-ring (bicyclic) bond motifs is 1. The summed E-state index contributed by atoms with van der Waals surface area (Å²) in [6.07, 6.45) is 0. The van der Waals surface area contributed by atoms with Gasteiger partial charge in [-0.05, 0) is 60.7 Å². The number of nitrogens with zero attached hydrogens (tertiary/aromatic N) is 3. The van der Waals surface area contributed by atoms with E-state index in [2.05, 4.69) is 62.2 Å². The molecule has 0 amide bonds. The molecule has 1 N–H and O–H groups in total. The van der Waals surface area contributed by atoms with E-state index in [9.17, 15) is 5.11 Å². The van der Waals surface area contributed by atoms with Crippen LogP contribution in [0.1, 0.15) is 42.5 Å². The maximum atomic E-state index is 11.0. The number of thioether (sulfide) groups is 1. The van der Waals surface area contributed by atoms with E-state index in [0.717, 1.165) is 28.1 Å². The van der Waals surface area contributed by atoms with Crippen molar-refractivity contribution < 1.29 is 5.11 Å². The van der Waals surface area contributed by atoms with Gasteiger partial charge in [0.2, 0.25) is 5.88 Å². The molecule has 1 saturated heterocycles.